The van der Waals surface area contributed by atoms with Gasteiger partial charge in [-0.15, -0.1) is 0 Å². The Hall–Kier alpha value is -3.58. The monoisotopic (exact) mass is 442 g/mol. The van der Waals surface area contributed by atoms with Crippen LogP contribution in [0.25, 0.3) is 28.3 Å². The minimum atomic E-state index is -4.57. The van der Waals surface area contributed by atoms with Gasteiger partial charge in [0, 0.05) is 11.2 Å². The predicted molar refractivity (Wildman–Crippen MR) is 111 cm³/mol. The number of hydrogen-bond acceptors (Lipinski definition) is 2. The molecule has 0 aliphatic heterocycles. The topological polar surface area (TPSA) is 55.1 Å². The molecule has 0 saturated carbocycles. The van der Waals surface area contributed by atoms with E-state index in [0.29, 0.717) is 27.7 Å². The number of hydrogen-bond donors (Lipinski definition) is 1. The fraction of sp³-hybridized carbons (Fsp3) is 0.0435. The number of halogens is 4. The molecule has 0 amide bonds. The molecule has 31 heavy (non-hydrogen) atoms. The van der Waals surface area contributed by atoms with Gasteiger partial charge < -0.3 is 9.67 Å². The number of rotatable bonds is 4. The normalized spacial score (nSPS) is 11.5. The van der Waals surface area contributed by atoms with Crippen LogP contribution >= 0.6 is 11.6 Å². The molecule has 0 bridgehead atoms. The van der Waals surface area contributed by atoms with Gasteiger partial charge in [0.2, 0.25) is 0 Å². The molecule has 0 aliphatic carbocycles. The summed E-state index contributed by atoms with van der Waals surface area (Å²) in [5, 5.41) is 9.60. The van der Waals surface area contributed by atoms with Crippen LogP contribution in [-0.4, -0.2) is 20.6 Å². The molecule has 0 saturated heterocycles. The Balaban J connectivity index is 1.98. The van der Waals surface area contributed by atoms with Crippen molar-refractivity contribution in [2.24, 2.45) is 0 Å². The summed E-state index contributed by atoms with van der Waals surface area (Å²) >= 11 is 5.97. The van der Waals surface area contributed by atoms with Crippen LogP contribution in [-0.2, 0) is 6.18 Å². The molecule has 2 heterocycles. The van der Waals surface area contributed by atoms with E-state index in [1.165, 1.54) is 41.1 Å². The van der Waals surface area contributed by atoms with E-state index >= 15 is 0 Å². The van der Waals surface area contributed by atoms with Gasteiger partial charge in [0.25, 0.3) is 0 Å². The van der Waals surface area contributed by atoms with E-state index in [4.69, 9.17) is 16.7 Å². The molecule has 2 aromatic carbocycles. The lowest BCUT2D eigenvalue weighted by Crippen LogP contribution is -2.12. The summed E-state index contributed by atoms with van der Waals surface area (Å²) in [6, 6.07) is 18.2. The zero-order valence-electron chi connectivity index (χ0n) is 15.8. The number of carboxylic acids is 1. The lowest BCUT2D eigenvalue weighted by molar-refractivity contribution is -0.137. The minimum Gasteiger partial charge on any atom is -0.478 e. The molecule has 1 N–H and O–H groups in total. The largest absolute Gasteiger partial charge is 0.478 e. The first-order chi connectivity index (χ1) is 14.8. The molecule has 0 atom stereocenters. The van der Waals surface area contributed by atoms with E-state index < -0.39 is 17.7 Å². The van der Waals surface area contributed by atoms with Crippen LogP contribution in [0.15, 0.2) is 79.0 Å². The predicted octanol–water partition coefficient (Wildman–Crippen LogP) is 6.58. The van der Waals surface area contributed by atoms with Gasteiger partial charge in [0.1, 0.15) is 0 Å². The number of para-hydroxylation sites is 1. The van der Waals surface area contributed by atoms with Crippen LogP contribution in [0.4, 0.5) is 13.2 Å². The number of carboxylic acid groups (broad SMARTS) is 1. The molecule has 0 fully saturated rings. The summed E-state index contributed by atoms with van der Waals surface area (Å²) in [7, 11) is 0. The maximum Gasteiger partial charge on any atom is 0.418 e. The SMILES string of the molecule is O=C(O)c1ccc(-c2ccc(-c3ccc(Cl)cc3)n2-c2ccccc2C(F)(F)F)nc1. The van der Waals surface area contributed by atoms with Gasteiger partial charge in [-0.3, -0.25) is 4.98 Å². The first-order valence-corrected chi connectivity index (χ1v) is 9.47. The summed E-state index contributed by atoms with van der Waals surface area (Å²) in [5.74, 6) is -1.14. The number of pyridine rings is 1. The highest BCUT2D eigenvalue weighted by molar-refractivity contribution is 6.30. The summed E-state index contributed by atoms with van der Waals surface area (Å²) in [4.78, 5) is 15.3. The number of aromatic carboxylic acids is 1. The van der Waals surface area contributed by atoms with Crippen molar-refractivity contribution in [3.8, 4) is 28.3 Å². The van der Waals surface area contributed by atoms with Crippen LogP contribution in [0.1, 0.15) is 15.9 Å². The van der Waals surface area contributed by atoms with E-state index in [9.17, 15) is 18.0 Å². The standard InChI is InChI=1S/C23H14ClF3N2O2/c24-16-8-5-14(6-9-16)19-11-12-21(18-10-7-15(13-28-18)22(30)31)29(19)20-4-2-1-3-17(20)23(25,26)27/h1-13H,(H,30,31). The number of aromatic nitrogens is 2. The zero-order valence-corrected chi connectivity index (χ0v) is 16.5. The van der Waals surface area contributed by atoms with Crippen LogP contribution in [0.5, 0.6) is 0 Å². The van der Waals surface area contributed by atoms with Crippen LogP contribution in [0.3, 0.4) is 0 Å². The van der Waals surface area contributed by atoms with Gasteiger partial charge in [0.05, 0.1) is 33.9 Å². The van der Waals surface area contributed by atoms with Crippen molar-refractivity contribution in [2.45, 2.75) is 6.18 Å². The molecule has 4 rings (SSSR count). The lowest BCUT2D eigenvalue weighted by atomic mass is 10.1. The third kappa shape index (κ3) is 4.04. The Bertz CT molecular complexity index is 1250. The van der Waals surface area contributed by atoms with Gasteiger partial charge >= 0.3 is 12.1 Å². The fourth-order valence-electron chi connectivity index (χ4n) is 3.32. The maximum absolute atomic E-state index is 13.8. The quantitative estimate of drug-likeness (QED) is 0.388. The average molecular weight is 443 g/mol. The molecular formula is C23H14ClF3N2O2. The average Bonchev–Trinajstić information content (AvgIpc) is 3.18. The van der Waals surface area contributed by atoms with Gasteiger partial charge in [-0.2, -0.15) is 13.2 Å². The van der Waals surface area contributed by atoms with E-state index in [-0.39, 0.29) is 11.3 Å². The van der Waals surface area contributed by atoms with Gasteiger partial charge in [0.15, 0.2) is 0 Å². The van der Waals surface area contributed by atoms with Crippen LogP contribution < -0.4 is 0 Å². The van der Waals surface area contributed by atoms with Crippen molar-refractivity contribution in [1.82, 2.24) is 9.55 Å². The molecule has 0 unspecified atom stereocenters. The second kappa shape index (κ2) is 7.92. The van der Waals surface area contributed by atoms with Crippen molar-refractivity contribution < 1.29 is 23.1 Å². The highest BCUT2D eigenvalue weighted by atomic mass is 35.5. The van der Waals surface area contributed by atoms with E-state index in [1.54, 1.807) is 36.4 Å². The van der Waals surface area contributed by atoms with Crippen LogP contribution in [0, 0.1) is 0 Å². The summed E-state index contributed by atoms with van der Waals surface area (Å²) in [5.41, 5.74) is 1.01. The molecular weight excluding hydrogens is 429 g/mol. The van der Waals surface area contributed by atoms with Crippen molar-refractivity contribution >= 4 is 17.6 Å². The van der Waals surface area contributed by atoms with E-state index in [1.807, 2.05) is 0 Å². The maximum atomic E-state index is 13.8. The summed E-state index contributed by atoms with van der Waals surface area (Å²) in [6.45, 7) is 0. The smallest absolute Gasteiger partial charge is 0.418 e. The number of benzene rings is 2. The van der Waals surface area contributed by atoms with Gasteiger partial charge in [-0.05, 0) is 54.1 Å². The third-order valence-electron chi connectivity index (χ3n) is 4.74. The van der Waals surface area contributed by atoms with E-state index in [2.05, 4.69) is 4.98 Å². The second-order valence-corrected chi connectivity index (χ2v) is 7.13. The molecule has 4 aromatic rings. The highest BCUT2D eigenvalue weighted by Crippen LogP contribution is 2.39. The molecule has 0 spiro atoms. The fourth-order valence-corrected chi connectivity index (χ4v) is 3.45. The zero-order chi connectivity index (χ0) is 22.2. The molecule has 0 aliphatic rings. The third-order valence-corrected chi connectivity index (χ3v) is 5.00. The van der Waals surface area contributed by atoms with Crippen LogP contribution in [0.2, 0.25) is 5.02 Å². The molecule has 8 heteroatoms. The Morgan fingerprint density at radius 1 is 0.903 bits per heavy atom. The Kier molecular flexibility index (Phi) is 5.29. The summed E-state index contributed by atoms with van der Waals surface area (Å²) in [6.07, 6.45) is -3.40. The van der Waals surface area contributed by atoms with Crippen molar-refractivity contribution in [3.05, 3.63) is 95.1 Å². The highest BCUT2D eigenvalue weighted by Gasteiger charge is 2.34. The molecule has 4 nitrogen and oxygen atoms in total. The van der Waals surface area contributed by atoms with Crippen molar-refractivity contribution in [2.75, 3.05) is 0 Å². The summed E-state index contributed by atoms with van der Waals surface area (Å²) < 4.78 is 42.8. The van der Waals surface area contributed by atoms with Gasteiger partial charge in [-0.25, -0.2) is 4.79 Å². The first kappa shape index (κ1) is 20.7. The molecule has 2 aromatic heterocycles. The Morgan fingerprint density at radius 3 is 2.19 bits per heavy atom. The number of alkyl halides is 3. The van der Waals surface area contributed by atoms with Crippen molar-refractivity contribution in [1.29, 1.82) is 0 Å². The number of nitrogens with zero attached hydrogens (tertiary/aromatic N) is 2. The first-order valence-electron chi connectivity index (χ1n) is 9.10. The Labute approximate surface area is 180 Å². The second-order valence-electron chi connectivity index (χ2n) is 6.70. The lowest BCUT2D eigenvalue weighted by Gasteiger charge is -2.19. The Morgan fingerprint density at radius 2 is 1.58 bits per heavy atom. The number of carbonyl (C=O) groups is 1. The molecule has 0 radical (unpaired) electrons. The minimum absolute atomic E-state index is 0.0181. The molecule has 156 valence electrons. The van der Waals surface area contributed by atoms with Gasteiger partial charge in [-0.1, -0.05) is 35.9 Å². The van der Waals surface area contributed by atoms with Crippen molar-refractivity contribution in [3.63, 3.8) is 0 Å². The van der Waals surface area contributed by atoms with E-state index in [0.717, 1.165) is 6.07 Å².